The molecule has 66 valence electrons. The average Bonchev–Trinajstić information content (AvgIpc) is 2.15. The summed E-state index contributed by atoms with van der Waals surface area (Å²) in [6, 6.07) is 4.95. The lowest BCUT2D eigenvalue weighted by atomic mass is 10.2. The minimum Gasteiger partial charge on any atom is -0.501 e. The van der Waals surface area contributed by atoms with Gasteiger partial charge in [-0.1, -0.05) is 18.7 Å². The van der Waals surface area contributed by atoms with Crippen molar-refractivity contribution >= 4 is 11.4 Å². The predicted octanol–water partition coefficient (Wildman–Crippen LogP) is 2.38. The van der Waals surface area contributed by atoms with Gasteiger partial charge in [-0.15, -0.1) is 0 Å². The Bertz CT molecular complexity index is 352. The van der Waals surface area contributed by atoms with Crippen molar-refractivity contribution in [2.24, 2.45) is 0 Å². The van der Waals surface area contributed by atoms with Crippen molar-refractivity contribution in [3.63, 3.8) is 0 Å². The summed E-state index contributed by atoms with van der Waals surface area (Å²) in [6.45, 7) is 10.8. The molecule has 1 aromatic rings. The summed E-state index contributed by atoms with van der Waals surface area (Å²) < 4.78 is 5.25. The normalized spacial score (nSPS) is 8.85. The molecule has 2 N–H and O–H groups in total. The molecule has 0 heterocycles. The number of anilines is 1. The average molecular weight is 174 g/mol. The molecule has 3 nitrogen and oxygen atoms in total. The summed E-state index contributed by atoms with van der Waals surface area (Å²) in [5, 5.41) is 0. The maximum atomic E-state index is 6.87. The van der Waals surface area contributed by atoms with Gasteiger partial charge in [0.1, 0.15) is 12.4 Å². The van der Waals surface area contributed by atoms with Gasteiger partial charge < -0.3 is 10.5 Å². The molecule has 0 aliphatic rings. The third kappa shape index (κ3) is 2.24. The van der Waals surface area contributed by atoms with Crippen molar-refractivity contribution in [2.75, 3.05) is 12.3 Å². The number of nitrogens with two attached hydrogens (primary N) is 1. The third-order valence-corrected chi connectivity index (χ3v) is 1.46. The number of hydrogen-bond acceptors (Lipinski definition) is 2. The molecule has 0 aliphatic carbocycles. The monoisotopic (exact) mass is 174 g/mol. The van der Waals surface area contributed by atoms with E-state index in [9.17, 15) is 0 Å². The van der Waals surface area contributed by atoms with Crippen LogP contribution in [-0.4, -0.2) is 6.61 Å². The maximum absolute atomic E-state index is 6.87. The molecule has 13 heavy (non-hydrogen) atoms. The molecule has 0 amide bonds. The fourth-order valence-electron chi connectivity index (χ4n) is 0.887. The second-order valence-corrected chi connectivity index (χ2v) is 2.44. The minimum atomic E-state index is 0.381. The van der Waals surface area contributed by atoms with E-state index in [1.54, 1.807) is 24.3 Å². The SMILES string of the molecule is [C-]#[N+]c1ccc(N)cc1OCC=C. The van der Waals surface area contributed by atoms with Crippen LogP contribution >= 0.6 is 0 Å². The van der Waals surface area contributed by atoms with Crippen LogP contribution in [-0.2, 0) is 0 Å². The Kier molecular flexibility index (Phi) is 2.93. The Morgan fingerprint density at radius 1 is 1.62 bits per heavy atom. The van der Waals surface area contributed by atoms with Crippen molar-refractivity contribution in [1.29, 1.82) is 0 Å². The lowest BCUT2D eigenvalue weighted by Gasteiger charge is -2.05. The van der Waals surface area contributed by atoms with E-state index in [2.05, 4.69) is 11.4 Å². The van der Waals surface area contributed by atoms with Crippen LogP contribution in [0.15, 0.2) is 30.9 Å². The summed E-state index contributed by atoms with van der Waals surface area (Å²) in [6.07, 6.45) is 1.62. The van der Waals surface area contributed by atoms with Gasteiger partial charge in [-0.25, -0.2) is 4.85 Å². The van der Waals surface area contributed by atoms with E-state index in [1.165, 1.54) is 0 Å². The van der Waals surface area contributed by atoms with Gasteiger partial charge in [0.25, 0.3) is 0 Å². The first-order valence-electron chi connectivity index (χ1n) is 3.78. The van der Waals surface area contributed by atoms with E-state index in [0.29, 0.717) is 23.7 Å². The second-order valence-electron chi connectivity index (χ2n) is 2.44. The number of benzene rings is 1. The Morgan fingerprint density at radius 3 is 3.00 bits per heavy atom. The molecule has 1 rings (SSSR count). The molecule has 0 bridgehead atoms. The van der Waals surface area contributed by atoms with Crippen LogP contribution in [0.2, 0.25) is 0 Å². The van der Waals surface area contributed by atoms with Crippen molar-refractivity contribution in [1.82, 2.24) is 0 Å². The second kappa shape index (κ2) is 4.17. The van der Waals surface area contributed by atoms with E-state index < -0.39 is 0 Å². The zero-order chi connectivity index (χ0) is 9.68. The van der Waals surface area contributed by atoms with Gasteiger partial charge >= 0.3 is 0 Å². The third-order valence-electron chi connectivity index (χ3n) is 1.46. The molecule has 0 spiro atoms. The lowest BCUT2D eigenvalue weighted by Crippen LogP contribution is -1.94. The van der Waals surface area contributed by atoms with Crippen LogP contribution in [0.25, 0.3) is 4.85 Å². The molecule has 3 heteroatoms. The molecule has 0 unspecified atom stereocenters. The zero-order valence-electron chi connectivity index (χ0n) is 7.16. The van der Waals surface area contributed by atoms with Crippen LogP contribution in [0.4, 0.5) is 11.4 Å². The quantitative estimate of drug-likeness (QED) is 0.434. The van der Waals surface area contributed by atoms with Crippen molar-refractivity contribution < 1.29 is 4.74 Å². The Hall–Kier alpha value is -1.95. The topological polar surface area (TPSA) is 39.6 Å². The Balaban J connectivity index is 2.95. The first-order chi connectivity index (χ1) is 6.27. The van der Waals surface area contributed by atoms with E-state index in [4.69, 9.17) is 17.0 Å². The van der Waals surface area contributed by atoms with Crippen LogP contribution < -0.4 is 10.5 Å². The Labute approximate surface area is 77.3 Å². The molecule has 0 fully saturated rings. The molecule has 0 aromatic heterocycles. The van der Waals surface area contributed by atoms with E-state index in [0.717, 1.165) is 0 Å². The fraction of sp³-hybridized carbons (Fsp3) is 0.100. The highest BCUT2D eigenvalue weighted by molar-refractivity contribution is 5.63. The summed E-state index contributed by atoms with van der Waals surface area (Å²) in [4.78, 5) is 3.30. The number of hydrogen-bond donors (Lipinski definition) is 1. The molecule has 0 radical (unpaired) electrons. The largest absolute Gasteiger partial charge is 0.501 e. The van der Waals surface area contributed by atoms with Gasteiger partial charge in [0, 0.05) is 5.69 Å². The summed E-state index contributed by atoms with van der Waals surface area (Å²) >= 11 is 0. The van der Waals surface area contributed by atoms with E-state index >= 15 is 0 Å². The molecule has 0 saturated carbocycles. The van der Waals surface area contributed by atoms with Crippen LogP contribution in [0.3, 0.4) is 0 Å². The highest BCUT2D eigenvalue weighted by Crippen LogP contribution is 2.29. The van der Waals surface area contributed by atoms with Crippen molar-refractivity contribution in [3.05, 3.63) is 42.3 Å². The smallest absolute Gasteiger partial charge is 0.228 e. The lowest BCUT2D eigenvalue weighted by molar-refractivity contribution is 0.366. The molecular formula is C10H10N2O. The number of ether oxygens (including phenoxy) is 1. The highest BCUT2D eigenvalue weighted by Gasteiger charge is 2.02. The van der Waals surface area contributed by atoms with Crippen molar-refractivity contribution in [2.45, 2.75) is 0 Å². The van der Waals surface area contributed by atoms with Gasteiger partial charge in [0.2, 0.25) is 5.69 Å². The molecule has 0 saturated heterocycles. The molecular weight excluding hydrogens is 164 g/mol. The molecule has 0 aliphatic heterocycles. The standard InChI is InChI=1S/C10H10N2O/c1-3-6-13-10-7-8(11)4-5-9(10)12-2/h3-5,7H,1,6,11H2. The summed E-state index contributed by atoms with van der Waals surface area (Å²) in [5.41, 5.74) is 6.60. The number of rotatable bonds is 3. The van der Waals surface area contributed by atoms with Gasteiger partial charge in [-0.05, 0) is 12.1 Å². The maximum Gasteiger partial charge on any atom is 0.228 e. The summed E-state index contributed by atoms with van der Waals surface area (Å²) in [7, 11) is 0. The van der Waals surface area contributed by atoms with Gasteiger partial charge in [0.15, 0.2) is 0 Å². The van der Waals surface area contributed by atoms with Crippen LogP contribution in [0, 0.1) is 6.57 Å². The van der Waals surface area contributed by atoms with Crippen LogP contribution in [0.5, 0.6) is 5.75 Å². The number of nitrogen functional groups attached to an aromatic ring is 1. The first-order valence-corrected chi connectivity index (χ1v) is 3.78. The highest BCUT2D eigenvalue weighted by atomic mass is 16.5. The first kappa shape index (κ1) is 9.14. The molecule has 1 aromatic carbocycles. The predicted molar refractivity (Wildman–Crippen MR) is 52.8 cm³/mol. The zero-order valence-corrected chi connectivity index (χ0v) is 7.16. The van der Waals surface area contributed by atoms with E-state index in [-0.39, 0.29) is 0 Å². The summed E-state index contributed by atoms with van der Waals surface area (Å²) in [5.74, 6) is 0.509. The van der Waals surface area contributed by atoms with Gasteiger partial charge in [-0.3, -0.25) is 0 Å². The minimum absolute atomic E-state index is 0.381. The Morgan fingerprint density at radius 2 is 2.38 bits per heavy atom. The fourth-order valence-corrected chi connectivity index (χ4v) is 0.887. The number of nitrogens with zero attached hydrogens (tertiary/aromatic N) is 1. The van der Waals surface area contributed by atoms with Gasteiger partial charge in [-0.2, -0.15) is 0 Å². The van der Waals surface area contributed by atoms with Gasteiger partial charge in [0.05, 0.1) is 6.57 Å². The van der Waals surface area contributed by atoms with Crippen molar-refractivity contribution in [3.8, 4) is 5.75 Å². The van der Waals surface area contributed by atoms with Crippen LogP contribution in [0.1, 0.15) is 0 Å². The van der Waals surface area contributed by atoms with E-state index in [1.807, 2.05) is 0 Å². The molecule has 0 atom stereocenters.